The molecule has 1 amide bonds. The average molecular weight is 315 g/mol. The molecule has 124 valence electrons. The van der Waals surface area contributed by atoms with E-state index in [2.05, 4.69) is 48.1 Å². The van der Waals surface area contributed by atoms with Crippen molar-refractivity contribution in [1.82, 2.24) is 14.9 Å². The molecule has 0 aliphatic carbocycles. The van der Waals surface area contributed by atoms with Gasteiger partial charge in [0, 0.05) is 19.5 Å². The van der Waals surface area contributed by atoms with Crippen LogP contribution in [0.15, 0.2) is 30.5 Å². The summed E-state index contributed by atoms with van der Waals surface area (Å²) in [5.74, 6) is 0.822. The van der Waals surface area contributed by atoms with Gasteiger partial charge in [0.1, 0.15) is 5.82 Å². The van der Waals surface area contributed by atoms with Crippen LogP contribution < -0.4 is 0 Å². The Morgan fingerprint density at radius 3 is 2.57 bits per heavy atom. The third kappa shape index (κ3) is 4.84. The van der Waals surface area contributed by atoms with E-state index in [4.69, 9.17) is 0 Å². The van der Waals surface area contributed by atoms with Crippen LogP contribution in [0.2, 0.25) is 0 Å². The number of aryl methyl sites for hydroxylation is 1. The highest BCUT2D eigenvalue weighted by Crippen LogP contribution is 2.18. The maximum absolute atomic E-state index is 11.2. The van der Waals surface area contributed by atoms with Crippen LogP contribution in [0, 0.1) is 0 Å². The van der Waals surface area contributed by atoms with E-state index in [0.29, 0.717) is 19.5 Å². The van der Waals surface area contributed by atoms with E-state index in [1.807, 2.05) is 6.20 Å². The molecule has 5 heteroatoms. The van der Waals surface area contributed by atoms with E-state index in [1.54, 1.807) is 0 Å². The van der Waals surface area contributed by atoms with Gasteiger partial charge in [-0.25, -0.2) is 9.78 Å². The minimum atomic E-state index is -0.861. The number of hydrogen-bond acceptors (Lipinski definition) is 2. The molecule has 1 aromatic carbocycles. The number of hydrogen-bond donors (Lipinski definition) is 2. The highest BCUT2D eigenvalue weighted by atomic mass is 16.4. The Bertz CT molecular complexity index is 619. The molecule has 1 heterocycles. The lowest BCUT2D eigenvalue weighted by Gasteiger charge is -2.17. The minimum absolute atomic E-state index is 0.469. The number of H-pyrrole nitrogens is 1. The zero-order valence-electron chi connectivity index (χ0n) is 13.9. The molecule has 0 spiro atoms. The summed E-state index contributed by atoms with van der Waals surface area (Å²) in [5.41, 5.74) is 3.38. The summed E-state index contributed by atoms with van der Waals surface area (Å²) in [4.78, 5) is 20.3. The van der Waals surface area contributed by atoms with E-state index < -0.39 is 6.09 Å². The van der Waals surface area contributed by atoms with E-state index in [-0.39, 0.29) is 0 Å². The van der Waals surface area contributed by atoms with Crippen LogP contribution in [-0.2, 0) is 12.8 Å². The van der Waals surface area contributed by atoms with Crippen molar-refractivity contribution in [2.45, 2.75) is 39.5 Å². The smallest absolute Gasteiger partial charge is 0.407 e. The van der Waals surface area contributed by atoms with Crippen molar-refractivity contribution in [3.8, 4) is 11.3 Å². The summed E-state index contributed by atoms with van der Waals surface area (Å²) < 4.78 is 0. The number of benzene rings is 1. The van der Waals surface area contributed by atoms with Gasteiger partial charge in [0.05, 0.1) is 11.9 Å². The number of aromatic amines is 1. The molecule has 1 aromatic heterocycles. The minimum Gasteiger partial charge on any atom is -0.465 e. The number of nitrogens with one attached hydrogen (secondary N) is 1. The summed E-state index contributed by atoms with van der Waals surface area (Å²) in [6.45, 7) is 5.24. The van der Waals surface area contributed by atoms with Gasteiger partial charge < -0.3 is 15.0 Å². The van der Waals surface area contributed by atoms with Crippen molar-refractivity contribution < 1.29 is 9.90 Å². The standard InChI is InChI=1S/C18H25N3O2/c1-3-5-11-21(18(22)23)12-10-17-19-13-16(20-17)15-8-6-14(4-2)7-9-15/h6-9,13H,3-5,10-12H2,1-2H3,(H,19,20)(H,22,23). The Kier molecular flexibility index (Phi) is 6.20. The van der Waals surface area contributed by atoms with Crippen molar-refractivity contribution >= 4 is 6.09 Å². The van der Waals surface area contributed by atoms with Crippen molar-refractivity contribution in [1.29, 1.82) is 0 Å². The summed E-state index contributed by atoms with van der Waals surface area (Å²) in [5, 5.41) is 9.21. The quantitative estimate of drug-likeness (QED) is 0.774. The van der Waals surface area contributed by atoms with Crippen LogP contribution in [0.1, 0.15) is 38.1 Å². The maximum atomic E-state index is 11.2. The van der Waals surface area contributed by atoms with E-state index in [0.717, 1.165) is 36.3 Å². The first-order valence-corrected chi connectivity index (χ1v) is 8.25. The van der Waals surface area contributed by atoms with Gasteiger partial charge in [-0.1, -0.05) is 44.5 Å². The molecule has 0 unspecified atom stereocenters. The lowest BCUT2D eigenvalue weighted by atomic mass is 10.1. The Morgan fingerprint density at radius 2 is 1.96 bits per heavy atom. The zero-order chi connectivity index (χ0) is 16.7. The second kappa shape index (κ2) is 8.36. The topological polar surface area (TPSA) is 69.2 Å². The fourth-order valence-corrected chi connectivity index (χ4v) is 2.45. The molecule has 0 atom stereocenters. The summed E-state index contributed by atoms with van der Waals surface area (Å²) >= 11 is 0. The Labute approximate surface area is 137 Å². The van der Waals surface area contributed by atoms with Crippen molar-refractivity contribution in [3.05, 3.63) is 41.9 Å². The number of nitrogens with zero attached hydrogens (tertiary/aromatic N) is 2. The second-order valence-electron chi connectivity index (χ2n) is 5.67. The van der Waals surface area contributed by atoms with Crippen molar-refractivity contribution in [3.63, 3.8) is 0 Å². The molecule has 2 rings (SSSR count). The average Bonchev–Trinajstić information content (AvgIpc) is 3.03. The van der Waals surface area contributed by atoms with Gasteiger partial charge in [-0.2, -0.15) is 0 Å². The monoisotopic (exact) mass is 315 g/mol. The van der Waals surface area contributed by atoms with Crippen LogP contribution in [0.25, 0.3) is 11.3 Å². The molecule has 0 fully saturated rings. The number of carbonyl (C=O) groups is 1. The lowest BCUT2D eigenvalue weighted by Crippen LogP contribution is -2.32. The molecule has 0 aliphatic rings. The molecule has 2 aromatic rings. The fourth-order valence-electron chi connectivity index (χ4n) is 2.45. The highest BCUT2D eigenvalue weighted by Gasteiger charge is 2.12. The normalized spacial score (nSPS) is 10.7. The van der Waals surface area contributed by atoms with Gasteiger partial charge in [-0.3, -0.25) is 0 Å². The van der Waals surface area contributed by atoms with Gasteiger partial charge >= 0.3 is 6.09 Å². The predicted octanol–water partition coefficient (Wildman–Crippen LogP) is 3.96. The molecule has 0 saturated carbocycles. The number of imidazole rings is 1. The summed E-state index contributed by atoms with van der Waals surface area (Å²) in [6, 6.07) is 8.40. The number of unbranched alkanes of at least 4 members (excludes halogenated alkanes) is 1. The molecule has 0 aliphatic heterocycles. The third-order valence-corrected chi connectivity index (χ3v) is 3.97. The SMILES string of the molecule is CCCCN(CCc1ncc(-c2ccc(CC)cc2)[nH]1)C(=O)O. The van der Waals surface area contributed by atoms with Crippen molar-refractivity contribution in [2.24, 2.45) is 0 Å². The van der Waals surface area contributed by atoms with E-state index in [9.17, 15) is 9.90 Å². The summed E-state index contributed by atoms with van der Waals surface area (Å²) in [6.07, 6.45) is 4.45. The first-order valence-electron chi connectivity index (χ1n) is 8.25. The Balaban J connectivity index is 1.96. The van der Waals surface area contributed by atoms with Crippen LogP contribution in [0.3, 0.4) is 0 Å². The second-order valence-corrected chi connectivity index (χ2v) is 5.67. The number of rotatable bonds is 8. The molecule has 2 N–H and O–H groups in total. The van der Waals surface area contributed by atoms with Crippen LogP contribution in [-0.4, -0.2) is 39.2 Å². The molecular formula is C18H25N3O2. The Morgan fingerprint density at radius 1 is 1.22 bits per heavy atom. The molecule has 5 nitrogen and oxygen atoms in total. The van der Waals surface area contributed by atoms with Gasteiger partial charge in [-0.05, 0) is 24.0 Å². The largest absolute Gasteiger partial charge is 0.465 e. The van der Waals surface area contributed by atoms with Gasteiger partial charge in [0.2, 0.25) is 0 Å². The molecule has 23 heavy (non-hydrogen) atoms. The first kappa shape index (κ1) is 17.1. The molecule has 0 radical (unpaired) electrons. The number of amides is 1. The molecular weight excluding hydrogens is 290 g/mol. The first-order chi connectivity index (χ1) is 11.1. The van der Waals surface area contributed by atoms with Crippen LogP contribution in [0.5, 0.6) is 0 Å². The zero-order valence-corrected chi connectivity index (χ0v) is 13.9. The summed E-state index contributed by atoms with van der Waals surface area (Å²) in [7, 11) is 0. The van der Waals surface area contributed by atoms with Gasteiger partial charge in [0.25, 0.3) is 0 Å². The van der Waals surface area contributed by atoms with Crippen LogP contribution >= 0.6 is 0 Å². The molecule has 0 saturated heterocycles. The van der Waals surface area contributed by atoms with E-state index >= 15 is 0 Å². The highest BCUT2D eigenvalue weighted by molar-refractivity contribution is 5.65. The number of aromatic nitrogens is 2. The maximum Gasteiger partial charge on any atom is 0.407 e. The van der Waals surface area contributed by atoms with Crippen molar-refractivity contribution in [2.75, 3.05) is 13.1 Å². The molecule has 0 bridgehead atoms. The lowest BCUT2D eigenvalue weighted by molar-refractivity contribution is 0.145. The van der Waals surface area contributed by atoms with Crippen LogP contribution in [0.4, 0.5) is 4.79 Å². The third-order valence-electron chi connectivity index (χ3n) is 3.97. The predicted molar refractivity (Wildman–Crippen MR) is 91.6 cm³/mol. The van der Waals surface area contributed by atoms with Gasteiger partial charge in [0.15, 0.2) is 0 Å². The van der Waals surface area contributed by atoms with E-state index in [1.165, 1.54) is 10.5 Å². The number of carboxylic acid groups (broad SMARTS) is 1. The fraction of sp³-hybridized carbons (Fsp3) is 0.444. The van der Waals surface area contributed by atoms with Gasteiger partial charge in [-0.15, -0.1) is 0 Å². The Hall–Kier alpha value is -2.30.